The highest BCUT2D eigenvalue weighted by Gasteiger charge is 2.00. The minimum Gasteiger partial charge on any atom is -0.384 e. The zero-order valence-corrected chi connectivity index (χ0v) is 9.77. The second kappa shape index (κ2) is 5.29. The molecular weight excluding hydrogens is 216 g/mol. The van der Waals surface area contributed by atoms with Gasteiger partial charge in [-0.05, 0) is 31.4 Å². The molecular formula is C11H16N6. The molecule has 0 atom stereocenters. The smallest absolute Gasteiger partial charge is 0.224 e. The van der Waals surface area contributed by atoms with Gasteiger partial charge in [-0.3, -0.25) is 5.10 Å². The number of rotatable bonds is 5. The van der Waals surface area contributed by atoms with E-state index in [9.17, 15) is 0 Å². The zero-order valence-electron chi connectivity index (χ0n) is 9.77. The van der Waals surface area contributed by atoms with E-state index >= 15 is 0 Å². The Kier molecular flexibility index (Phi) is 3.54. The molecule has 17 heavy (non-hydrogen) atoms. The molecule has 0 radical (unpaired) electrons. The van der Waals surface area contributed by atoms with Gasteiger partial charge in [0.1, 0.15) is 5.82 Å². The molecule has 6 nitrogen and oxygen atoms in total. The van der Waals surface area contributed by atoms with Gasteiger partial charge in [0.05, 0.1) is 6.20 Å². The maximum Gasteiger partial charge on any atom is 0.224 e. The summed E-state index contributed by atoms with van der Waals surface area (Å²) in [5.41, 5.74) is 7.94. The van der Waals surface area contributed by atoms with E-state index in [1.807, 2.05) is 13.1 Å². The predicted octanol–water partition coefficient (Wildman–Crippen LogP) is 1.14. The number of nitrogen functional groups attached to an aromatic ring is 1. The lowest BCUT2D eigenvalue weighted by Crippen LogP contribution is -2.07. The van der Waals surface area contributed by atoms with Gasteiger partial charge in [-0.2, -0.15) is 10.1 Å². The summed E-state index contributed by atoms with van der Waals surface area (Å²) >= 11 is 0. The first-order valence-electron chi connectivity index (χ1n) is 5.57. The van der Waals surface area contributed by atoms with Crippen LogP contribution in [0, 0.1) is 6.92 Å². The van der Waals surface area contributed by atoms with Crippen molar-refractivity contribution < 1.29 is 0 Å². The number of nitrogens with one attached hydrogen (secondary N) is 2. The highest BCUT2D eigenvalue weighted by Crippen LogP contribution is 2.06. The van der Waals surface area contributed by atoms with Crippen LogP contribution in [0.5, 0.6) is 0 Å². The van der Waals surface area contributed by atoms with E-state index in [0.717, 1.165) is 25.1 Å². The van der Waals surface area contributed by atoms with Gasteiger partial charge < -0.3 is 11.1 Å². The Labute approximate surface area is 99.7 Å². The van der Waals surface area contributed by atoms with Gasteiger partial charge in [-0.15, -0.1) is 0 Å². The van der Waals surface area contributed by atoms with E-state index in [1.165, 1.54) is 5.56 Å². The van der Waals surface area contributed by atoms with Crippen molar-refractivity contribution in [3.63, 3.8) is 0 Å². The molecule has 6 heteroatoms. The van der Waals surface area contributed by atoms with E-state index in [-0.39, 0.29) is 0 Å². The maximum absolute atomic E-state index is 5.56. The van der Waals surface area contributed by atoms with E-state index < -0.39 is 0 Å². The standard InChI is InChI=1S/C11H16N6/c1-8-9(7-15-17-8)3-2-5-13-11-14-6-4-10(12)16-11/h4,6-7H,2-3,5H2,1H3,(H,15,17)(H3,12,13,14,16). The number of H-pyrrole nitrogens is 1. The Morgan fingerprint density at radius 1 is 1.47 bits per heavy atom. The van der Waals surface area contributed by atoms with Gasteiger partial charge in [-0.25, -0.2) is 4.98 Å². The van der Waals surface area contributed by atoms with Crippen molar-refractivity contribution in [2.45, 2.75) is 19.8 Å². The zero-order chi connectivity index (χ0) is 12.1. The topological polar surface area (TPSA) is 92.5 Å². The molecule has 0 fully saturated rings. The monoisotopic (exact) mass is 232 g/mol. The molecule has 0 aliphatic rings. The minimum atomic E-state index is 0.480. The molecule has 90 valence electrons. The summed E-state index contributed by atoms with van der Waals surface area (Å²) in [7, 11) is 0. The van der Waals surface area contributed by atoms with Crippen LogP contribution in [-0.2, 0) is 6.42 Å². The third-order valence-electron chi connectivity index (χ3n) is 2.52. The fraction of sp³-hybridized carbons (Fsp3) is 0.364. The highest BCUT2D eigenvalue weighted by molar-refractivity contribution is 5.34. The largest absolute Gasteiger partial charge is 0.384 e. The van der Waals surface area contributed by atoms with Gasteiger partial charge in [0.25, 0.3) is 0 Å². The Balaban J connectivity index is 1.75. The Morgan fingerprint density at radius 3 is 3.06 bits per heavy atom. The van der Waals surface area contributed by atoms with Gasteiger partial charge in [0.15, 0.2) is 0 Å². The van der Waals surface area contributed by atoms with Gasteiger partial charge in [0, 0.05) is 18.4 Å². The molecule has 0 amide bonds. The van der Waals surface area contributed by atoms with Gasteiger partial charge in [0.2, 0.25) is 5.95 Å². The van der Waals surface area contributed by atoms with E-state index in [4.69, 9.17) is 5.73 Å². The Bertz CT molecular complexity index is 478. The minimum absolute atomic E-state index is 0.480. The van der Waals surface area contributed by atoms with Crippen molar-refractivity contribution >= 4 is 11.8 Å². The fourth-order valence-corrected chi connectivity index (χ4v) is 1.56. The highest BCUT2D eigenvalue weighted by atomic mass is 15.1. The number of hydrogen-bond donors (Lipinski definition) is 3. The summed E-state index contributed by atoms with van der Waals surface area (Å²) in [6, 6.07) is 1.67. The average Bonchev–Trinajstić information content (AvgIpc) is 2.71. The summed E-state index contributed by atoms with van der Waals surface area (Å²) < 4.78 is 0. The lowest BCUT2D eigenvalue weighted by Gasteiger charge is -2.04. The second-order valence-electron chi connectivity index (χ2n) is 3.86. The van der Waals surface area contributed by atoms with Crippen LogP contribution in [0.15, 0.2) is 18.5 Å². The van der Waals surface area contributed by atoms with Crippen LogP contribution in [0.4, 0.5) is 11.8 Å². The molecule has 2 rings (SSSR count). The molecule has 4 N–H and O–H groups in total. The lowest BCUT2D eigenvalue weighted by molar-refractivity contribution is 0.848. The summed E-state index contributed by atoms with van der Waals surface area (Å²) in [5.74, 6) is 1.06. The van der Waals surface area contributed by atoms with Crippen LogP contribution >= 0.6 is 0 Å². The number of anilines is 2. The third-order valence-corrected chi connectivity index (χ3v) is 2.52. The molecule has 0 bridgehead atoms. The van der Waals surface area contributed by atoms with Crippen molar-refractivity contribution in [3.05, 3.63) is 29.7 Å². The van der Waals surface area contributed by atoms with Crippen molar-refractivity contribution in [2.75, 3.05) is 17.6 Å². The molecule has 0 aliphatic carbocycles. The quantitative estimate of drug-likeness (QED) is 0.672. The van der Waals surface area contributed by atoms with Crippen molar-refractivity contribution in [2.24, 2.45) is 0 Å². The summed E-state index contributed by atoms with van der Waals surface area (Å²) in [6.45, 7) is 2.84. The van der Waals surface area contributed by atoms with Crippen LogP contribution in [-0.4, -0.2) is 26.7 Å². The van der Waals surface area contributed by atoms with Crippen LogP contribution in [0.25, 0.3) is 0 Å². The molecule has 0 aliphatic heterocycles. The second-order valence-corrected chi connectivity index (χ2v) is 3.86. The first-order chi connectivity index (χ1) is 8.25. The summed E-state index contributed by atoms with van der Waals surface area (Å²) in [5, 5.41) is 10.0. The predicted molar refractivity (Wildman–Crippen MR) is 66.6 cm³/mol. The van der Waals surface area contributed by atoms with Gasteiger partial charge >= 0.3 is 0 Å². The molecule has 0 spiro atoms. The van der Waals surface area contributed by atoms with Crippen molar-refractivity contribution in [1.29, 1.82) is 0 Å². The summed E-state index contributed by atoms with van der Waals surface area (Å²) in [4.78, 5) is 8.13. The first-order valence-corrected chi connectivity index (χ1v) is 5.57. The summed E-state index contributed by atoms with van der Waals surface area (Å²) in [6.07, 6.45) is 5.49. The van der Waals surface area contributed by atoms with Gasteiger partial charge in [-0.1, -0.05) is 0 Å². The van der Waals surface area contributed by atoms with Crippen LogP contribution in [0.3, 0.4) is 0 Å². The number of nitrogens with two attached hydrogens (primary N) is 1. The normalized spacial score (nSPS) is 10.4. The Hall–Kier alpha value is -2.11. The van der Waals surface area contributed by atoms with Crippen LogP contribution in [0.1, 0.15) is 17.7 Å². The average molecular weight is 232 g/mol. The molecule has 0 unspecified atom stereocenters. The van der Waals surface area contributed by atoms with E-state index in [1.54, 1.807) is 12.3 Å². The van der Waals surface area contributed by atoms with Crippen molar-refractivity contribution in [1.82, 2.24) is 20.2 Å². The van der Waals surface area contributed by atoms with E-state index in [0.29, 0.717) is 11.8 Å². The Morgan fingerprint density at radius 2 is 2.35 bits per heavy atom. The maximum atomic E-state index is 5.56. The number of aryl methyl sites for hydroxylation is 2. The van der Waals surface area contributed by atoms with E-state index in [2.05, 4.69) is 25.5 Å². The third kappa shape index (κ3) is 3.17. The van der Waals surface area contributed by atoms with Crippen molar-refractivity contribution in [3.8, 4) is 0 Å². The van der Waals surface area contributed by atoms with Crippen LogP contribution in [0.2, 0.25) is 0 Å². The van der Waals surface area contributed by atoms with Crippen LogP contribution < -0.4 is 11.1 Å². The number of hydrogen-bond acceptors (Lipinski definition) is 5. The SMILES string of the molecule is Cc1[nH]ncc1CCCNc1nccc(N)n1. The lowest BCUT2D eigenvalue weighted by atomic mass is 10.1. The molecule has 2 heterocycles. The number of aromatic nitrogens is 4. The number of aromatic amines is 1. The molecule has 0 saturated heterocycles. The molecule has 0 aromatic carbocycles. The molecule has 0 saturated carbocycles. The molecule has 2 aromatic rings. The first kappa shape index (κ1) is 11.4. The number of nitrogens with zero attached hydrogens (tertiary/aromatic N) is 3. The fourth-order valence-electron chi connectivity index (χ4n) is 1.56. The molecule has 2 aromatic heterocycles.